The number of anilines is 1. The summed E-state index contributed by atoms with van der Waals surface area (Å²) in [4.78, 5) is 29.3. The fourth-order valence-electron chi connectivity index (χ4n) is 6.72. The molecule has 0 saturated heterocycles. The Hall–Kier alpha value is -2.53. The molecule has 12 heteroatoms. The second kappa shape index (κ2) is 24.0. The third kappa shape index (κ3) is 14.0. The van der Waals surface area contributed by atoms with Crippen LogP contribution in [0.2, 0.25) is 0 Å². The van der Waals surface area contributed by atoms with Gasteiger partial charge in [0.25, 0.3) is 0 Å². The molecule has 1 aromatic heterocycles. The Morgan fingerprint density at radius 2 is 1.50 bits per heavy atom. The fraction of sp³-hybridized carbons (Fsp3) is 0.700. The van der Waals surface area contributed by atoms with Crippen LogP contribution in [0.1, 0.15) is 119 Å². The molecule has 11 nitrogen and oxygen atoms in total. The SMILES string of the molecule is CCCCCCCCCCCCC/C=C/[C@@H](OCOC)[C@H](CO[PH](OC)(OC)c1cc(=O)oc2cc(N(CC)CC)ccc12)N(C(=O)O)C(C)(C)C. The third-order valence-corrected chi connectivity index (χ3v) is 12.2. The summed E-state index contributed by atoms with van der Waals surface area (Å²) in [5.41, 5.74) is -0.0871. The standard InChI is InChI=1S/C40H69N2O9P/c1-10-13-14-15-16-17-18-19-20-21-22-23-24-25-35(49-31-46-7)34(42(39(44)45)40(4,5)6)30-50-52(47-8,48-9)37-29-38(43)51-36-28-32(26-27-33(36)37)41(11-2)12-3/h24-29,34-35,52H,10-23,30-31H2,1-9H3,(H,44,45)/b25-24+/t34-,35+/m0/s1. The van der Waals surface area contributed by atoms with Gasteiger partial charge in [-0.1, -0.05) is 45.4 Å². The van der Waals surface area contributed by atoms with Crippen molar-refractivity contribution in [3.63, 3.8) is 0 Å². The van der Waals surface area contributed by atoms with E-state index < -0.39 is 37.3 Å². The van der Waals surface area contributed by atoms with Gasteiger partial charge in [-0.25, -0.2) is 0 Å². The Morgan fingerprint density at radius 3 is 2.02 bits per heavy atom. The average molecular weight is 753 g/mol. The molecule has 0 aliphatic rings. The number of allylic oxidation sites excluding steroid dienone is 1. The Balaban J connectivity index is 2.34. The second-order valence-electron chi connectivity index (χ2n) is 14.3. The number of methoxy groups -OCH3 is 1. The maximum atomic E-state index is 12.9. The van der Waals surface area contributed by atoms with Crippen LogP contribution < -0.4 is 15.8 Å². The summed E-state index contributed by atoms with van der Waals surface area (Å²) in [5.74, 6) is 0. The molecular weight excluding hydrogens is 683 g/mol. The molecule has 0 spiro atoms. The number of hydrogen-bond acceptors (Lipinski definition) is 9. The summed E-state index contributed by atoms with van der Waals surface area (Å²) >= 11 is 0. The van der Waals surface area contributed by atoms with Crippen LogP contribution in [0.3, 0.4) is 0 Å². The van der Waals surface area contributed by atoms with Gasteiger partial charge in [-0.05, 0) is 0 Å². The minimum absolute atomic E-state index is 0.0437. The third-order valence-electron chi connectivity index (χ3n) is 9.49. The van der Waals surface area contributed by atoms with E-state index in [2.05, 4.69) is 31.7 Å². The van der Waals surface area contributed by atoms with Crippen molar-refractivity contribution in [3.8, 4) is 0 Å². The predicted molar refractivity (Wildman–Crippen MR) is 214 cm³/mol. The van der Waals surface area contributed by atoms with E-state index in [-0.39, 0.29) is 13.4 Å². The van der Waals surface area contributed by atoms with Crippen molar-refractivity contribution in [3.05, 3.63) is 46.8 Å². The first kappa shape index (κ1) is 45.6. The van der Waals surface area contributed by atoms with Crippen LogP contribution in [-0.4, -0.2) is 81.6 Å². The number of amides is 1. The number of unbranched alkanes of at least 4 members (excludes halogenated alkanes) is 11. The zero-order valence-electron chi connectivity index (χ0n) is 33.5. The van der Waals surface area contributed by atoms with Gasteiger partial charge >= 0.3 is 269 Å². The van der Waals surface area contributed by atoms with Crippen LogP contribution in [0.4, 0.5) is 10.5 Å². The van der Waals surface area contributed by atoms with Crippen molar-refractivity contribution in [1.82, 2.24) is 4.90 Å². The zero-order valence-corrected chi connectivity index (χ0v) is 34.5. The van der Waals surface area contributed by atoms with Gasteiger partial charge in [0.1, 0.15) is 0 Å². The first-order valence-electron chi connectivity index (χ1n) is 19.3. The second-order valence-corrected chi connectivity index (χ2v) is 17.0. The molecule has 0 fully saturated rings. The Bertz CT molecular complexity index is 1390. The van der Waals surface area contributed by atoms with E-state index in [1.54, 1.807) is 0 Å². The van der Waals surface area contributed by atoms with Crippen molar-refractivity contribution in [2.24, 2.45) is 0 Å². The Morgan fingerprint density at radius 1 is 0.904 bits per heavy atom. The predicted octanol–water partition coefficient (Wildman–Crippen LogP) is 9.46. The Labute approximate surface area is 313 Å². The molecule has 1 amide bonds. The fourth-order valence-corrected chi connectivity index (χ4v) is 8.94. The molecule has 0 unspecified atom stereocenters. The molecule has 1 aromatic carbocycles. The van der Waals surface area contributed by atoms with Crippen molar-refractivity contribution < 1.29 is 37.4 Å². The summed E-state index contributed by atoms with van der Waals surface area (Å²) in [6, 6.07) is 6.20. The molecule has 0 aliphatic heterocycles. The first-order chi connectivity index (χ1) is 24.9. The van der Waals surface area contributed by atoms with Gasteiger partial charge in [-0.3, -0.25) is 0 Å². The van der Waals surface area contributed by atoms with Gasteiger partial charge in [-0.15, -0.1) is 0 Å². The monoisotopic (exact) mass is 752 g/mol. The van der Waals surface area contributed by atoms with E-state index in [9.17, 15) is 14.7 Å². The van der Waals surface area contributed by atoms with Crippen molar-refractivity contribution in [2.45, 2.75) is 136 Å². The van der Waals surface area contributed by atoms with E-state index >= 15 is 0 Å². The molecule has 0 bridgehead atoms. The van der Waals surface area contributed by atoms with Crippen LogP contribution in [0.25, 0.3) is 11.0 Å². The molecule has 0 aliphatic carbocycles. The number of fused-ring (bicyclic) bond motifs is 1. The van der Waals surface area contributed by atoms with E-state index in [1.165, 1.54) is 90.1 Å². The molecule has 2 atom stereocenters. The maximum absolute atomic E-state index is 12.9. The van der Waals surface area contributed by atoms with Crippen LogP contribution in [-0.2, 0) is 23.0 Å². The number of ether oxygens (including phenoxy) is 2. The summed E-state index contributed by atoms with van der Waals surface area (Å²) in [5, 5.41) is 11.6. The minimum atomic E-state index is -3.83. The van der Waals surface area contributed by atoms with Gasteiger partial charge in [0.2, 0.25) is 0 Å². The molecule has 0 radical (unpaired) electrons. The van der Waals surface area contributed by atoms with Crippen LogP contribution in [0.5, 0.6) is 0 Å². The normalized spacial score (nSPS) is 13.9. The van der Waals surface area contributed by atoms with Gasteiger partial charge in [0, 0.05) is 0 Å². The summed E-state index contributed by atoms with van der Waals surface area (Å²) in [7, 11) is 0.643. The van der Waals surface area contributed by atoms with E-state index in [0.717, 1.165) is 38.0 Å². The summed E-state index contributed by atoms with van der Waals surface area (Å²) in [6.07, 6.45) is 16.9. The topological polar surface area (TPSA) is 120 Å². The van der Waals surface area contributed by atoms with Gasteiger partial charge in [0.05, 0.1) is 0 Å². The number of nitrogens with zero attached hydrogens (tertiary/aromatic N) is 2. The molecule has 2 aromatic rings. The first-order valence-corrected chi connectivity index (χ1v) is 21.0. The summed E-state index contributed by atoms with van der Waals surface area (Å²) in [6.45, 7) is 13.3. The molecule has 52 heavy (non-hydrogen) atoms. The van der Waals surface area contributed by atoms with Gasteiger partial charge in [-0.2, -0.15) is 0 Å². The van der Waals surface area contributed by atoms with Crippen molar-refractivity contribution >= 4 is 36.0 Å². The van der Waals surface area contributed by atoms with E-state index in [1.807, 2.05) is 45.0 Å². The number of carboxylic acid groups (broad SMARTS) is 1. The number of rotatable bonds is 27. The van der Waals surface area contributed by atoms with Crippen molar-refractivity contribution in [1.29, 1.82) is 0 Å². The molecular formula is C40H69N2O9P. The number of carbonyl (C=O) groups is 1. The number of hydrogen-bond donors (Lipinski definition) is 1. The molecule has 1 heterocycles. The molecule has 1 N–H and O–H groups in total. The van der Waals surface area contributed by atoms with Crippen LogP contribution >= 0.6 is 7.94 Å². The quantitative estimate of drug-likeness (QED) is 0.0311. The zero-order chi connectivity index (χ0) is 38.6. The summed E-state index contributed by atoms with van der Waals surface area (Å²) < 4.78 is 35.7. The molecule has 298 valence electrons. The van der Waals surface area contributed by atoms with Crippen LogP contribution in [0.15, 0.2) is 45.6 Å². The number of benzene rings is 1. The van der Waals surface area contributed by atoms with E-state index in [0.29, 0.717) is 16.3 Å². The van der Waals surface area contributed by atoms with Gasteiger partial charge < -0.3 is 0 Å². The Kier molecular flexibility index (Phi) is 21.1. The average Bonchev–Trinajstić information content (AvgIpc) is 3.11. The molecule has 0 saturated carbocycles. The van der Waals surface area contributed by atoms with Gasteiger partial charge in [0.15, 0.2) is 0 Å². The van der Waals surface area contributed by atoms with Crippen LogP contribution in [0, 0.1) is 0 Å². The van der Waals surface area contributed by atoms with Crippen molar-refractivity contribution in [2.75, 3.05) is 52.7 Å². The molecule has 2 rings (SSSR count). The van der Waals surface area contributed by atoms with E-state index in [4.69, 9.17) is 27.5 Å².